The van der Waals surface area contributed by atoms with Crippen LogP contribution in [-0.4, -0.2) is 9.13 Å². The number of fused-ring (bicyclic) bond motifs is 9. The number of allylic oxidation sites excluding steroid dienone is 2. The minimum Gasteiger partial charge on any atom is -0.310 e. The normalized spacial score (nSPS) is 11.8. The molecule has 0 atom stereocenters. The summed E-state index contributed by atoms with van der Waals surface area (Å²) < 4.78 is 7.41. The third kappa shape index (κ3) is 7.59. The Labute approximate surface area is 445 Å². The van der Waals surface area contributed by atoms with Gasteiger partial charge in [-0.25, -0.2) is 0 Å². The van der Waals surface area contributed by atoms with E-state index in [0.717, 1.165) is 67.7 Å². The Morgan fingerprint density at radius 2 is 0.895 bits per heavy atom. The number of anilines is 6. The van der Waals surface area contributed by atoms with Crippen LogP contribution in [0.1, 0.15) is 11.1 Å². The molecule has 3 heterocycles. The number of hydrogen-bond acceptors (Lipinski definition) is 3. The molecule has 14 aromatic rings. The summed E-state index contributed by atoms with van der Waals surface area (Å²) in [5.74, 6) is 0. The maximum Gasteiger partial charge on any atom is 0.0576 e. The van der Waals surface area contributed by atoms with Crippen molar-refractivity contribution in [3.05, 3.63) is 285 Å². The molecule has 0 bridgehead atoms. The highest BCUT2D eigenvalue weighted by Crippen LogP contribution is 2.47. The summed E-state index contributed by atoms with van der Waals surface area (Å²) in [6.07, 6.45) is 6.02. The van der Waals surface area contributed by atoms with Crippen LogP contribution >= 0.6 is 11.3 Å². The molecule has 0 aliphatic carbocycles. The zero-order valence-corrected chi connectivity index (χ0v) is 42.7. The first-order valence-corrected chi connectivity index (χ1v) is 26.7. The Morgan fingerprint density at radius 1 is 0.368 bits per heavy atom. The van der Waals surface area contributed by atoms with Crippen LogP contribution in [0.25, 0.3) is 92.4 Å². The lowest BCUT2D eigenvalue weighted by Crippen LogP contribution is -2.13. The maximum absolute atomic E-state index is 3.97. The van der Waals surface area contributed by atoms with Gasteiger partial charge in [-0.15, -0.1) is 11.3 Å². The molecule has 0 saturated heterocycles. The predicted octanol–water partition coefficient (Wildman–Crippen LogP) is 20.4. The summed E-state index contributed by atoms with van der Waals surface area (Å²) >= 11 is 1.85. The Bertz CT molecular complexity index is 4550. The van der Waals surface area contributed by atoms with Crippen LogP contribution in [0, 0.1) is 6.92 Å². The highest BCUT2D eigenvalue weighted by Gasteiger charge is 2.23. The second-order valence-corrected chi connectivity index (χ2v) is 20.5. The number of benzene rings is 11. The SMILES string of the molecule is C=C/C=C\c1ccc2c3ccc(-c4cc(N(c5ccccc5)c5ccc6sc7ccccc7c6c5)cc(N(c5ccccc5)c5ccc6c7ccccc7n(-c7ccccc7)c6c5)c4)cc3n(-c3ccccc3)c2c1C. The number of aryl methyl sites for hydroxylation is 1. The van der Waals surface area contributed by atoms with Gasteiger partial charge in [0.15, 0.2) is 0 Å². The largest absolute Gasteiger partial charge is 0.310 e. The lowest BCUT2D eigenvalue weighted by molar-refractivity contribution is 1.17. The number of nitrogens with zero attached hydrogens (tertiary/aromatic N) is 4. The zero-order valence-electron chi connectivity index (χ0n) is 41.9. The van der Waals surface area contributed by atoms with E-state index in [1.165, 1.54) is 63.9 Å². The van der Waals surface area contributed by atoms with E-state index in [2.05, 4.69) is 293 Å². The Kier molecular flexibility index (Phi) is 11.0. The van der Waals surface area contributed by atoms with Gasteiger partial charge in [0.1, 0.15) is 0 Å². The third-order valence-corrected chi connectivity index (χ3v) is 16.1. The number of hydrogen-bond donors (Lipinski definition) is 0. The number of rotatable bonds is 11. The minimum absolute atomic E-state index is 1.03. The molecule has 11 aromatic carbocycles. The first-order chi connectivity index (χ1) is 37.6. The fraction of sp³-hybridized carbons (Fsp3) is 0.0141. The summed E-state index contributed by atoms with van der Waals surface area (Å²) in [6.45, 7) is 6.21. The molecule has 0 unspecified atom stereocenters. The molecule has 5 heteroatoms. The summed E-state index contributed by atoms with van der Waals surface area (Å²) in [6, 6.07) is 93.3. The van der Waals surface area contributed by atoms with E-state index in [0.29, 0.717) is 0 Å². The molecular formula is C71H50N4S. The molecule has 4 nitrogen and oxygen atoms in total. The number of aromatic nitrogens is 2. The first kappa shape index (κ1) is 45.0. The van der Waals surface area contributed by atoms with Gasteiger partial charge >= 0.3 is 0 Å². The average molecular weight is 991 g/mol. The van der Waals surface area contributed by atoms with Crippen LogP contribution in [0.4, 0.5) is 34.1 Å². The highest BCUT2D eigenvalue weighted by molar-refractivity contribution is 7.25. The lowest BCUT2D eigenvalue weighted by Gasteiger charge is -2.30. The highest BCUT2D eigenvalue weighted by atomic mass is 32.1. The molecule has 0 aliphatic heterocycles. The van der Waals surface area contributed by atoms with E-state index in [9.17, 15) is 0 Å². The average Bonchev–Trinajstić information content (AvgIpc) is 4.23. The zero-order chi connectivity index (χ0) is 50.7. The third-order valence-electron chi connectivity index (χ3n) is 15.0. The second kappa shape index (κ2) is 18.7. The van der Waals surface area contributed by atoms with Crippen LogP contribution in [0.5, 0.6) is 0 Å². The van der Waals surface area contributed by atoms with Crippen LogP contribution in [-0.2, 0) is 0 Å². The molecule has 0 amide bonds. The van der Waals surface area contributed by atoms with Crippen molar-refractivity contribution in [1.29, 1.82) is 0 Å². The van der Waals surface area contributed by atoms with Gasteiger partial charge in [-0.1, -0.05) is 164 Å². The number of para-hydroxylation sites is 5. The van der Waals surface area contributed by atoms with Gasteiger partial charge < -0.3 is 18.9 Å². The van der Waals surface area contributed by atoms with Gasteiger partial charge in [0.05, 0.1) is 22.1 Å². The maximum atomic E-state index is 3.97. The summed E-state index contributed by atoms with van der Waals surface area (Å²) in [7, 11) is 0. The van der Waals surface area contributed by atoms with Crippen molar-refractivity contribution < 1.29 is 0 Å². The standard InChI is InChI=1S/C71H50N4S/c1-3-4-21-49-34-39-64-62-38-35-50(44-67(62)75(71(64)48(49)2)55-28-15-8-16-29-55)51-42-58(72(52-22-9-5-10-23-52)56-37-41-70-65(46-56)63-31-18-20-33-69(63)76-70)45-59(43-51)73(53-24-11-6-12-25-53)57-36-40-61-60-30-17-19-32-66(60)74(68(61)47-57)54-26-13-7-14-27-54/h3-47H,1H2,2H3/b21-4-. The van der Waals surface area contributed by atoms with Crippen LogP contribution < -0.4 is 9.80 Å². The molecule has 3 aromatic heterocycles. The molecule has 14 rings (SSSR count). The Morgan fingerprint density at radius 3 is 1.59 bits per heavy atom. The summed E-state index contributed by atoms with van der Waals surface area (Å²) in [4.78, 5) is 4.86. The molecular weight excluding hydrogens is 941 g/mol. The fourth-order valence-corrected chi connectivity index (χ4v) is 12.6. The van der Waals surface area contributed by atoms with Gasteiger partial charge in [0.2, 0.25) is 0 Å². The van der Waals surface area contributed by atoms with Crippen molar-refractivity contribution in [2.24, 2.45) is 0 Å². The Balaban J connectivity index is 1.05. The van der Waals surface area contributed by atoms with Gasteiger partial charge in [0, 0.05) is 87.2 Å². The van der Waals surface area contributed by atoms with Crippen LogP contribution in [0.2, 0.25) is 0 Å². The minimum atomic E-state index is 1.03. The number of thiophene rings is 1. The van der Waals surface area contributed by atoms with Crippen LogP contribution in [0.3, 0.4) is 0 Å². The molecule has 360 valence electrons. The van der Waals surface area contributed by atoms with Crippen molar-refractivity contribution in [2.75, 3.05) is 9.80 Å². The lowest BCUT2D eigenvalue weighted by atomic mass is 9.99. The van der Waals surface area contributed by atoms with Crippen molar-refractivity contribution in [2.45, 2.75) is 6.92 Å². The summed E-state index contributed by atoms with van der Waals surface area (Å²) in [5.41, 5.74) is 17.8. The van der Waals surface area contributed by atoms with Gasteiger partial charge in [-0.3, -0.25) is 0 Å². The quantitative estimate of drug-likeness (QED) is 0.120. The van der Waals surface area contributed by atoms with Gasteiger partial charge in [-0.2, -0.15) is 0 Å². The topological polar surface area (TPSA) is 16.3 Å². The van der Waals surface area contributed by atoms with Crippen molar-refractivity contribution in [1.82, 2.24) is 9.13 Å². The predicted molar refractivity (Wildman–Crippen MR) is 327 cm³/mol. The molecule has 0 N–H and O–H groups in total. The summed E-state index contributed by atoms with van der Waals surface area (Å²) in [5, 5.41) is 7.38. The molecule has 0 saturated carbocycles. The van der Waals surface area contributed by atoms with Gasteiger partial charge in [0.25, 0.3) is 0 Å². The molecule has 0 spiro atoms. The van der Waals surface area contributed by atoms with E-state index in [-0.39, 0.29) is 0 Å². The van der Waals surface area contributed by atoms with Crippen LogP contribution in [0.15, 0.2) is 274 Å². The molecule has 0 radical (unpaired) electrons. The van der Waals surface area contributed by atoms with E-state index < -0.39 is 0 Å². The van der Waals surface area contributed by atoms with E-state index in [1.54, 1.807) is 0 Å². The Hall–Kier alpha value is -9.68. The smallest absolute Gasteiger partial charge is 0.0576 e. The van der Waals surface area contributed by atoms with Crippen molar-refractivity contribution >= 4 is 115 Å². The first-order valence-electron chi connectivity index (χ1n) is 25.9. The molecule has 0 fully saturated rings. The second-order valence-electron chi connectivity index (χ2n) is 19.4. The van der Waals surface area contributed by atoms with Gasteiger partial charge in [-0.05, 0) is 144 Å². The molecule has 0 aliphatic rings. The monoisotopic (exact) mass is 990 g/mol. The van der Waals surface area contributed by atoms with Crippen molar-refractivity contribution in [3.63, 3.8) is 0 Å². The fourth-order valence-electron chi connectivity index (χ4n) is 11.5. The van der Waals surface area contributed by atoms with Crippen molar-refractivity contribution in [3.8, 4) is 22.5 Å². The van der Waals surface area contributed by atoms with E-state index in [4.69, 9.17) is 0 Å². The van der Waals surface area contributed by atoms with E-state index in [1.807, 2.05) is 23.5 Å². The van der Waals surface area contributed by atoms with E-state index >= 15 is 0 Å². The molecule has 76 heavy (non-hydrogen) atoms.